The number of thioether (sulfide) groups is 1. The second-order valence-corrected chi connectivity index (χ2v) is 6.43. The summed E-state index contributed by atoms with van der Waals surface area (Å²) in [5, 5.41) is 9.34. The number of phenolic OH excluding ortho intramolecular Hbond substituents is 1. The van der Waals surface area contributed by atoms with Crippen LogP contribution in [0.15, 0.2) is 17.0 Å². The van der Waals surface area contributed by atoms with Gasteiger partial charge in [-0.05, 0) is 49.4 Å². The van der Waals surface area contributed by atoms with Crippen LogP contribution in [0.5, 0.6) is 11.5 Å². The molecule has 1 atom stereocenters. The van der Waals surface area contributed by atoms with E-state index in [0.29, 0.717) is 23.9 Å². The zero-order chi connectivity index (χ0) is 18.7. The van der Waals surface area contributed by atoms with Gasteiger partial charge in [-0.25, -0.2) is 4.79 Å². The van der Waals surface area contributed by atoms with Crippen molar-refractivity contribution in [1.82, 2.24) is 4.90 Å². The van der Waals surface area contributed by atoms with Crippen LogP contribution in [0, 0.1) is 0 Å². The van der Waals surface area contributed by atoms with Crippen molar-refractivity contribution in [2.75, 3.05) is 13.7 Å². The van der Waals surface area contributed by atoms with E-state index in [0.717, 1.165) is 4.90 Å². The summed E-state index contributed by atoms with van der Waals surface area (Å²) >= 11 is 6.66. The van der Waals surface area contributed by atoms with Crippen LogP contribution in [0.3, 0.4) is 0 Å². The Balaban J connectivity index is 2.35. The van der Waals surface area contributed by atoms with E-state index in [1.54, 1.807) is 6.92 Å². The number of halogens is 1. The molecule has 0 bridgehead atoms. The first-order valence-electron chi connectivity index (χ1n) is 7.30. The Morgan fingerprint density at radius 2 is 2.12 bits per heavy atom. The van der Waals surface area contributed by atoms with Crippen LogP contribution in [0.25, 0.3) is 6.08 Å². The fourth-order valence-corrected chi connectivity index (χ4v) is 3.31. The van der Waals surface area contributed by atoms with Gasteiger partial charge in [0.25, 0.3) is 11.1 Å². The number of hydrogen-bond donors (Lipinski definition) is 1. The van der Waals surface area contributed by atoms with Gasteiger partial charge in [0.2, 0.25) is 0 Å². The minimum Gasteiger partial charge on any atom is -0.503 e. The molecule has 1 heterocycles. The molecular formula is C16H16ClNO6S. The molecule has 134 valence electrons. The van der Waals surface area contributed by atoms with Crippen molar-refractivity contribution in [3.05, 3.63) is 27.6 Å². The molecule has 25 heavy (non-hydrogen) atoms. The molecule has 1 N–H and O–H groups in total. The van der Waals surface area contributed by atoms with E-state index in [1.807, 2.05) is 0 Å². The Morgan fingerprint density at radius 1 is 1.44 bits per heavy atom. The summed E-state index contributed by atoms with van der Waals surface area (Å²) in [6, 6.07) is 1.92. The zero-order valence-electron chi connectivity index (χ0n) is 13.7. The van der Waals surface area contributed by atoms with Crippen LogP contribution in [-0.4, -0.2) is 46.9 Å². The van der Waals surface area contributed by atoms with Gasteiger partial charge in [-0.3, -0.25) is 14.5 Å². The molecule has 0 saturated carbocycles. The number of imide groups is 1. The monoisotopic (exact) mass is 385 g/mol. The van der Waals surface area contributed by atoms with E-state index in [2.05, 4.69) is 4.74 Å². The number of nitrogens with zero attached hydrogens (tertiary/aromatic N) is 1. The second kappa shape index (κ2) is 7.79. The Hall–Kier alpha value is -2.19. The molecule has 2 amide bonds. The highest BCUT2D eigenvalue weighted by atomic mass is 35.5. The molecule has 2 rings (SSSR count). The summed E-state index contributed by atoms with van der Waals surface area (Å²) in [6.45, 7) is 3.48. The molecule has 1 aromatic carbocycles. The minimum absolute atomic E-state index is 0.0550. The maximum Gasteiger partial charge on any atom is 0.328 e. The van der Waals surface area contributed by atoms with Gasteiger partial charge in [-0.15, -0.1) is 0 Å². The van der Waals surface area contributed by atoms with Gasteiger partial charge < -0.3 is 14.6 Å². The molecule has 0 unspecified atom stereocenters. The van der Waals surface area contributed by atoms with Gasteiger partial charge in [0.1, 0.15) is 6.04 Å². The van der Waals surface area contributed by atoms with Crippen LogP contribution in [-0.2, 0) is 14.3 Å². The number of hydrogen-bond acceptors (Lipinski definition) is 7. The van der Waals surface area contributed by atoms with Crippen LogP contribution in [0.4, 0.5) is 4.79 Å². The van der Waals surface area contributed by atoms with Crippen LogP contribution in [0.2, 0.25) is 5.02 Å². The normalized spacial score (nSPS) is 17.1. The van der Waals surface area contributed by atoms with Crippen molar-refractivity contribution in [2.45, 2.75) is 19.9 Å². The van der Waals surface area contributed by atoms with Crippen molar-refractivity contribution in [1.29, 1.82) is 0 Å². The van der Waals surface area contributed by atoms with Crippen molar-refractivity contribution in [2.24, 2.45) is 0 Å². The predicted octanol–water partition coefficient (Wildman–Crippen LogP) is 3.04. The fraction of sp³-hybridized carbons (Fsp3) is 0.312. The molecule has 0 aliphatic carbocycles. The number of amides is 2. The van der Waals surface area contributed by atoms with E-state index in [4.69, 9.17) is 16.3 Å². The molecule has 7 nitrogen and oxygen atoms in total. The first kappa shape index (κ1) is 19.1. The molecule has 1 aliphatic rings. The molecule has 1 aliphatic heterocycles. The summed E-state index contributed by atoms with van der Waals surface area (Å²) in [5.74, 6) is -1.32. The fourth-order valence-electron chi connectivity index (χ4n) is 2.18. The molecule has 0 aromatic heterocycles. The third kappa shape index (κ3) is 3.91. The molecule has 1 saturated heterocycles. The summed E-state index contributed by atoms with van der Waals surface area (Å²) in [7, 11) is 1.18. The molecule has 9 heteroatoms. The predicted molar refractivity (Wildman–Crippen MR) is 93.6 cm³/mol. The lowest BCUT2D eigenvalue weighted by molar-refractivity contribution is -0.148. The number of carbonyl (C=O) groups excluding carboxylic acids is 3. The topological polar surface area (TPSA) is 93.1 Å². The lowest BCUT2D eigenvalue weighted by Gasteiger charge is -2.18. The highest BCUT2D eigenvalue weighted by Crippen LogP contribution is 2.38. The SMILES string of the molecule is CCOc1cc(/C=C2\SC(=O)N([C@H](C)C(=O)OC)C2=O)cc(Cl)c1O. The van der Waals surface area contributed by atoms with E-state index >= 15 is 0 Å². The highest BCUT2D eigenvalue weighted by molar-refractivity contribution is 8.18. The third-order valence-electron chi connectivity index (χ3n) is 3.40. The Morgan fingerprint density at radius 3 is 2.72 bits per heavy atom. The lowest BCUT2D eigenvalue weighted by Crippen LogP contribution is -2.42. The van der Waals surface area contributed by atoms with Crippen molar-refractivity contribution < 1.29 is 29.0 Å². The van der Waals surface area contributed by atoms with Crippen molar-refractivity contribution >= 4 is 46.6 Å². The first-order chi connectivity index (χ1) is 11.8. The van der Waals surface area contributed by atoms with Crippen LogP contribution < -0.4 is 4.74 Å². The average molecular weight is 386 g/mol. The van der Waals surface area contributed by atoms with Gasteiger partial charge in [-0.1, -0.05) is 11.6 Å². The Kier molecular flexibility index (Phi) is 5.97. The van der Waals surface area contributed by atoms with Gasteiger partial charge in [0, 0.05) is 0 Å². The summed E-state index contributed by atoms with van der Waals surface area (Å²) < 4.78 is 9.85. The maximum atomic E-state index is 12.4. The second-order valence-electron chi connectivity index (χ2n) is 5.03. The highest BCUT2D eigenvalue weighted by Gasteiger charge is 2.41. The van der Waals surface area contributed by atoms with Gasteiger partial charge >= 0.3 is 5.97 Å². The molecule has 0 spiro atoms. The molecule has 0 radical (unpaired) electrons. The average Bonchev–Trinajstić information content (AvgIpc) is 2.84. The number of methoxy groups -OCH3 is 1. The zero-order valence-corrected chi connectivity index (χ0v) is 15.3. The number of rotatable bonds is 5. The van der Waals surface area contributed by atoms with E-state index in [-0.39, 0.29) is 21.4 Å². The van der Waals surface area contributed by atoms with Crippen molar-refractivity contribution in [3.63, 3.8) is 0 Å². The molecule has 1 fully saturated rings. The van der Waals surface area contributed by atoms with Gasteiger partial charge in [0.05, 0.1) is 23.6 Å². The molecule has 1 aromatic rings. The van der Waals surface area contributed by atoms with E-state index in [9.17, 15) is 19.5 Å². The standard InChI is InChI=1S/C16H16ClNO6S/c1-4-24-11-6-9(5-10(17)13(11)19)7-12-14(20)18(16(22)25-12)8(2)15(21)23-3/h5-8,19H,4H2,1-3H3/b12-7-/t8-/m1/s1. The summed E-state index contributed by atoms with van der Waals surface area (Å²) in [5.41, 5.74) is 0.475. The number of phenols is 1. The van der Waals surface area contributed by atoms with Crippen LogP contribution in [0.1, 0.15) is 19.4 Å². The maximum absolute atomic E-state index is 12.4. The summed E-state index contributed by atoms with van der Waals surface area (Å²) in [4.78, 5) is 37.1. The van der Waals surface area contributed by atoms with Crippen molar-refractivity contribution in [3.8, 4) is 11.5 Å². The number of aromatic hydroxyl groups is 1. The first-order valence-corrected chi connectivity index (χ1v) is 8.49. The van der Waals surface area contributed by atoms with Gasteiger partial charge in [0.15, 0.2) is 11.5 Å². The molecular weight excluding hydrogens is 370 g/mol. The van der Waals surface area contributed by atoms with Crippen LogP contribution >= 0.6 is 23.4 Å². The largest absolute Gasteiger partial charge is 0.503 e. The number of carbonyl (C=O) groups is 3. The minimum atomic E-state index is -1.02. The summed E-state index contributed by atoms with van der Waals surface area (Å²) in [6.07, 6.45) is 1.45. The Labute approximate surface area is 153 Å². The number of esters is 1. The smallest absolute Gasteiger partial charge is 0.328 e. The van der Waals surface area contributed by atoms with E-state index < -0.39 is 23.2 Å². The van der Waals surface area contributed by atoms with Gasteiger partial charge in [-0.2, -0.15) is 0 Å². The van der Waals surface area contributed by atoms with E-state index in [1.165, 1.54) is 32.2 Å². The third-order valence-corrected chi connectivity index (χ3v) is 4.57. The number of ether oxygens (including phenoxy) is 2. The quantitative estimate of drug-likeness (QED) is 0.615. The Bertz CT molecular complexity index is 763. The number of benzene rings is 1. The lowest BCUT2D eigenvalue weighted by atomic mass is 10.1.